The molecule has 0 amide bonds. The zero-order valence-corrected chi connectivity index (χ0v) is 9.89. The van der Waals surface area contributed by atoms with Crippen LogP contribution in [0.5, 0.6) is 0 Å². The van der Waals surface area contributed by atoms with Crippen molar-refractivity contribution in [3.05, 3.63) is 29.2 Å². The van der Waals surface area contributed by atoms with Crippen molar-refractivity contribution in [1.29, 1.82) is 0 Å². The molecule has 0 radical (unpaired) electrons. The monoisotopic (exact) mass is 256 g/mol. The Labute approximate surface area is 99.2 Å². The second-order valence-corrected chi connectivity index (χ2v) is 5.54. The van der Waals surface area contributed by atoms with Crippen LogP contribution >= 0.6 is 0 Å². The van der Waals surface area contributed by atoms with Crippen molar-refractivity contribution < 1.29 is 13.2 Å². The van der Waals surface area contributed by atoms with Crippen LogP contribution in [0.4, 0.5) is 5.69 Å². The third-order valence-corrected chi connectivity index (χ3v) is 4.46. The maximum Gasteiger partial charge on any atom is 0.243 e. The Hall–Kier alpha value is -1.31. The smallest absolute Gasteiger partial charge is 0.243 e. The fraction of sp³-hybridized carbons (Fsp3) is 0.400. The first-order valence-corrected chi connectivity index (χ1v) is 6.60. The van der Waals surface area contributed by atoms with Crippen molar-refractivity contribution in [1.82, 2.24) is 4.31 Å². The molecule has 1 heterocycles. The van der Waals surface area contributed by atoms with Crippen LogP contribution in [0, 0.1) is 4.91 Å². The first-order valence-electron chi connectivity index (χ1n) is 5.16. The Balaban J connectivity index is 2.26. The molecule has 0 atom stereocenters. The van der Waals surface area contributed by atoms with Crippen molar-refractivity contribution in [2.75, 3.05) is 26.3 Å². The highest BCUT2D eigenvalue weighted by Gasteiger charge is 2.25. The summed E-state index contributed by atoms with van der Waals surface area (Å²) in [6.07, 6.45) is 0. The fourth-order valence-corrected chi connectivity index (χ4v) is 3.02. The van der Waals surface area contributed by atoms with E-state index in [1.165, 1.54) is 28.6 Å². The second-order valence-electron chi connectivity index (χ2n) is 3.60. The van der Waals surface area contributed by atoms with Gasteiger partial charge in [-0.2, -0.15) is 4.31 Å². The van der Waals surface area contributed by atoms with Crippen molar-refractivity contribution in [3.63, 3.8) is 0 Å². The van der Waals surface area contributed by atoms with Crippen molar-refractivity contribution in [2.45, 2.75) is 4.90 Å². The highest BCUT2D eigenvalue weighted by atomic mass is 32.2. The van der Waals surface area contributed by atoms with Crippen molar-refractivity contribution >= 4 is 15.7 Å². The summed E-state index contributed by atoms with van der Waals surface area (Å²) < 4.78 is 30.8. The molecule has 1 aliphatic rings. The Bertz CT molecular complexity index is 492. The summed E-state index contributed by atoms with van der Waals surface area (Å²) in [5.74, 6) is 0. The fourth-order valence-electron chi connectivity index (χ4n) is 1.61. The first kappa shape index (κ1) is 12.2. The molecule has 0 saturated carbocycles. The molecule has 1 aromatic carbocycles. The van der Waals surface area contributed by atoms with Gasteiger partial charge in [-0.1, -0.05) is 0 Å². The van der Waals surface area contributed by atoms with Crippen LogP contribution in [-0.2, 0) is 14.8 Å². The van der Waals surface area contributed by atoms with Gasteiger partial charge < -0.3 is 4.74 Å². The molecule has 1 saturated heterocycles. The van der Waals surface area contributed by atoms with Gasteiger partial charge in [0.15, 0.2) is 0 Å². The molecular formula is C10H12N2O4S. The van der Waals surface area contributed by atoms with E-state index in [9.17, 15) is 13.3 Å². The van der Waals surface area contributed by atoms with E-state index in [-0.39, 0.29) is 10.6 Å². The maximum atomic E-state index is 12.1. The number of ether oxygens (including phenoxy) is 1. The molecule has 0 aromatic heterocycles. The molecule has 0 bridgehead atoms. The van der Waals surface area contributed by atoms with Crippen LogP contribution in [0.15, 0.2) is 34.3 Å². The number of rotatable bonds is 3. The summed E-state index contributed by atoms with van der Waals surface area (Å²) in [5, 5.41) is 2.73. The quantitative estimate of drug-likeness (QED) is 0.759. The molecule has 0 spiro atoms. The van der Waals surface area contributed by atoms with Gasteiger partial charge in [-0.25, -0.2) is 8.42 Å². The minimum Gasteiger partial charge on any atom is -0.379 e. The molecule has 1 aromatic rings. The van der Waals surface area contributed by atoms with Gasteiger partial charge in [0.1, 0.15) is 5.69 Å². The number of sulfonamides is 1. The summed E-state index contributed by atoms with van der Waals surface area (Å²) in [5.41, 5.74) is 0.214. The van der Waals surface area contributed by atoms with Gasteiger partial charge >= 0.3 is 0 Å². The molecule has 7 heteroatoms. The zero-order chi connectivity index (χ0) is 12.3. The summed E-state index contributed by atoms with van der Waals surface area (Å²) in [6, 6.07) is 5.56. The predicted molar refractivity (Wildman–Crippen MR) is 61.5 cm³/mol. The third-order valence-electron chi connectivity index (χ3n) is 2.55. The molecular weight excluding hydrogens is 244 g/mol. The van der Waals surface area contributed by atoms with E-state index in [0.29, 0.717) is 26.3 Å². The molecule has 92 valence electrons. The lowest BCUT2D eigenvalue weighted by molar-refractivity contribution is 0.0730. The largest absolute Gasteiger partial charge is 0.379 e. The number of morpholine rings is 1. The number of nitroso groups, excluding NO2 is 1. The van der Waals surface area contributed by atoms with Gasteiger partial charge in [0.05, 0.1) is 18.1 Å². The van der Waals surface area contributed by atoms with Gasteiger partial charge in [-0.05, 0) is 29.4 Å². The van der Waals surface area contributed by atoms with Crippen LogP contribution in [-0.4, -0.2) is 39.0 Å². The standard InChI is InChI=1S/C10H12N2O4S/c13-11-9-1-3-10(4-2-9)17(14,15)12-5-7-16-8-6-12/h1-4H,5-8H2. The van der Waals surface area contributed by atoms with E-state index in [1.807, 2.05) is 0 Å². The van der Waals surface area contributed by atoms with Crippen LogP contribution < -0.4 is 0 Å². The maximum absolute atomic E-state index is 12.1. The predicted octanol–water partition coefficient (Wildman–Crippen LogP) is 1.11. The van der Waals surface area contributed by atoms with E-state index in [2.05, 4.69) is 5.18 Å². The lowest BCUT2D eigenvalue weighted by atomic mass is 10.3. The summed E-state index contributed by atoms with van der Waals surface area (Å²) in [6.45, 7) is 1.53. The van der Waals surface area contributed by atoms with E-state index in [0.717, 1.165) is 0 Å². The first-order chi connectivity index (χ1) is 8.14. The average molecular weight is 256 g/mol. The number of hydrogen-bond acceptors (Lipinski definition) is 5. The topological polar surface area (TPSA) is 76.0 Å². The molecule has 0 N–H and O–H groups in total. The van der Waals surface area contributed by atoms with Gasteiger partial charge in [0.2, 0.25) is 10.0 Å². The van der Waals surface area contributed by atoms with Gasteiger partial charge in [-0.3, -0.25) is 0 Å². The van der Waals surface area contributed by atoms with Crippen LogP contribution in [0.2, 0.25) is 0 Å². The third kappa shape index (κ3) is 2.51. The SMILES string of the molecule is O=Nc1ccc(S(=O)(=O)N2CCOCC2)cc1. The summed E-state index contributed by atoms with van der Waals surface area (Å²) in [7, 11) is -3.48. The Morgan fingerprint density at radius 3 is 2.24 bits per heavy atom. The van der Waals surface area contributed by atoms with E-state index < -0.39 is 10.0 Å². The molecule has 1 fully saturated rings. The zero-order valence-electron chi connectivity index (χ0n) is 9.07. The van der Waals surface area contributed by atoms with Crippen molar-refractivity contribution in [3.8, 4) is 0 Å². The number of benzene rings is 1. The van der Waals surface area contributed by atoms with Gasteiger partial charge in [-0.15, -0.1) is 4.91 Å². The molecule has 0 aliphatic carbocycles. The van der Waals surface area contributed by atoms with E-state index in [1.54, 1.807) is 0 Å². The van der Waals surface area contributed by atoms with Crippen LogP contribution in [0.1, 0.15) is 0 Å². The van der Waals surface area contributed by atoms with Gasteiger partial charge in [0.25, 0.3) is 0 Å². The summed E-state index contributed by atoms with van der Waals surface area (Å²) >= 11 is 0. The number of nitrogens with zero attached hydrogens (tertiary/aromatic N) is 2. The number of hydrogen-bond donors (Lipinski definition) is 0. The molecule has 6 nitrogen and oxygen atoms in total. The normalized spacial score (nSPS) is 17.9. The highest BCUT2D eigenvalue weighted by Crippen LogP contribution is 2.20. The Morgan fingerprint density at radius 1 is 1.12 bits per heavy atom. The lowest BCUT2D eigenvalue weighted by Gasteiger charge is -2.25. The second kappa shape index (κ2) is 4.91. The minimum atomic E-state index is -3.48. The van der Waals surface area contributed by atoms with E-state index >= 15 is 0 Å². The molecule has 0 unspecified atom stereocenters. The minimum absolute atomic E-state index is 0.173. The lowest BCUT2D eigenvalue weighted by Crippen LogP contribution is -2.40. The highest BCUT2D eigenvalue weighted by molar-refractivity contribution is 7.89. The molecule has 1 aliphatic heterocycles. The van der Waals surface area contributed by atoms with E-state index in [4.69, 9.17) is 4.74 Å². The van der Waals surface area contributed by atoms with Crippen LogP contribution in [0.25, 0.3) is 0 Å². The van der Waals surface area contributed by atoms with Gasteiger partial charge in [0, 0.05) is 13.1 Å². The molecule has 17 heavy (non-hydrogen) atoms. The molecule has 2 rings (SSSR count). The van der Waals surface area contributed by atoms with Crippen molar-refractivity contribution in [2.24, 2.45) is 5.18 Å². The average Bonchev–Trinajstić information content (AvgIpc) is 2.40. The summed E-state index contributed by atoms with van der Waals surface area (Å²) in [4.78, 5) is 10.4. The Morgan fingerprint density at radius 2 is 1.71 bits per heavy atom. The Kier molecular flexibility index (Phi) is 3.51. The van der Waals surface area contributed by atoms with Crippen LogP contribution in [0.3, 0.4) is 0 Å².